The van der Waals surface area contributed by atoms with E-state index in [1.165, 1.54) is 27.8 Å². The number of thioether (sulfide) groups is 1. The summed E-state index contributed by atoms with van der Waals surface area (Å²) in [5.41, 5.74) is 6.83. The largest absolute Gasteiger partial charge is 0.492 e. The molecule has 0 aliphatic carbocycles. The third-order valence-electron chi connectivity index (χ3n) is 3.28. The van der Waals surface area contributed by atoms with Crippen LogP contribution in [0.3, 0.4) is 0 Å². The van der Waals surface area contributed by atoms with Gasteiger partial charge in [0.15, 0.2) is 0 Å². The van der Waals surface area contributed by atoms with Crippen molar-refractivity contribution in [2.45, 2.75) is 5.16 Å². The molecule has 0 bridgehead atoms. The third-order valence-corrected chi connectivity index (χ3v) is 4.77. The number of hydrogen-bond acceptors (Lipinski definition) is 9. The van der Waals surface area contributed by atoms with Gasteiger partial charge in [-0.3, -0.25) is 0 Å². The molecular weight excluding hydrogens is 358 g/mol. The standard InChI is InChI=1S/C15H19N7OS2/c1-21(2)7-8-23-11-6-4-5-10(9-11)12-18-19-15(25-12)22-13(16)17-14(20-22)24-3/h4-6,9H,7-8H2,1-3H3,(H2,16,17,20). The summed E-state index contributed by atoms with van der Waals surface area (Å²) in [5, 5.41) is 14.7. The van der Waals surface area contributed by atoms with E-state index in [0.717, 1.165) is 22.9 Å². The molecule has 0 saturated carbocycles. The zero-order valence-corrected chi connectivity index (χ0v) is 15.8. The van der Waals surface area contributed by atoms with E-state index in [2.05, 4.69) is 25.2 Å². The van der Waals surface area contributed by atoms with Crippen LogP contribution in [-0.4, -0.2) is 63.4 Å². The maximum absolute atomic E-state index is 5.89. The highest BCUT2D eigenvalue weighted by Gasteiger charge is 2.14. The number of ether oxygens (including phenoxy) is 1. The molecule has 0 aliphatic heterocycles. The maximum Gasteiger partial charge on any atom is 0.236 e. The lowest BCUT2D eigenvalue weighted by Gasteiger charge is -2.11. The topological polar surface area (TPSA) is 95.0 Å². The van der Waals surface area contributed by atoms with Crippen LogP contribution < -0.4 is 10.5 Å². The fourth-order valence-electron chi connectivity index (χ4n) is 2.01. The molecule has 2 heterocycles. The summed E-state index contributed by atoms with van der Waals surface area (Å²) in [5.74, 6) is 1.11. The Kier molecular flexibility index (Phi) is 5.51. The second-order valence-corrected chi connectivity index (χ2v) is 7.17. The summed E-state index contributed by atoms with van der Waals surface area (Å²) in [7, 11) is 4.03. The zero-order valence-electron chi connectivity index (χ0n) is 14.2. The van der Waals surface area contributed by atoms with Crippen molar-refractivity contribution in [2.75, 3.05) is 39.2 Å². The van der Waals surface area contributed by atoms with Crippen molar-refractivity contribution in [3.05, 3.63) is 24.3 Å². The van der Waals surface area contributed by atoms with Crippen molar-refractivity contribution in [1.29, 1.82) is 0 Å². The first-order valence-corrected chi connectivity index (χ1v) is 9.59. The van der Waals surface area contributed by atoms with Crippen molar-refractivity contribution < 1.29 is 4.74 Å². The van der Waals surface area contributed by atoms with E-state index < -0.39 is 0 Å². The molecule has 3 aromatic rings. The Morgan fingerprint density at radius 1 is 1.32 bits per heavy atom. The van der Waals surface area contributed by atoms with Gasteiger partial charge in [0.25, 0.3) is 0 Å². The molecule has 0 amide bonds. The summed E-state index contributed by atoms with van der Waals surface area (Å²) in [6, 6.07) is 7.80. The van der Waals surface area contributed by atoms with Gasteiger partial charge in [-0.1, -0.05) is 35.2 Å². The normalized spacial score (nSPS) is 11.2. The number of nitrogen functional groups attached to an aromatic ring is 1. The Morgan fingerprint density at radius 3 is 2.88 bits per heavy atom. The van der Waals surface area contributed by atoms with Crippen LogP contribution in [0.25, 0.3) is 15.7 Å². The molecule has 0 saturated heterocycles. The molecule has 2 N–H and O–H groups in total. The second-order valence-electron chi connectivity index (χ2n) is 5.44. The number of aromatic nitrogens is 5. The highest BCUT2D eigenvalue weighted by molar-refractivity contribution is 7.98. The zero-order chi connectivity index (χ0) is 17.8. The molecule has 0 radical (unpaired) electrons. The van der Waals surface area contributed by atoms with E-state index in [1.807, 2.05) is 44.6 Å². The number of hydrogen-bond donors (Lipinski definition) is 1. The van der Waals surface area contributed by atoms with E-state index in [9.17, 15) is 0 Å². The van der Waals surface area contributed by atoms with Crippen LogP contribution in [-0.2, 0) is 0 Å². The van der Waals surface area contributed by atoms with Crippen LogP contribution in [0.5, 0.6) is 5.75 Å². The average Bonchev–Trinajstić information content (AvgIpc) is 3.21. The van der Waals surface area contributed by atoms with Gasteiger partial charge in [-0.25, -0.2) is 0 Å². The van der Waals surface area contributed by atoms with E-state index in [1.54, 1.807) is 0 Å². The number of nitrogens with two attached hydrogens (primary N) is 1. The molecule has 8 nitrogen and oxygen atoms in total. The van der Waals surface area contributed by atoms with Crippen LogP contribution >= 0.6 is 23.1 Å². The van der Waals surface area contributed by atoms with Crippen LogP contribution in [0.2, 0.25) is 0 Å². The minimum Gasteiger partial charge on any atom is -0.492 e. The van der Waals surface area contributed by atoms with Crippen molar-refractivity contribution in [1.82, 2.24) is 29.9 Å². The molecule has 10 heteroatoms. The minimum absolute atomic E-state index is 0.299. The van der Waals surface area contributed by atoms with Gasteiger partial charge in [0.1, 0.15) is 17.4 Å². The molecule has 2 aromatic heterocycles. The van der Waals surface area contributed by atoms with Gasteiger partial charge in [0.2, 0.25) is 16.2 Å². The van der Waals surface area contributed by atoms with Crippen LogP contribution in [0, 0.1) is 0 Å². The Hall–Kier alpha value is -2.17. The Balaban J connectivity index is 1.79. The van der Waals surface area contributed by atoms with E-state index in [0.29, 0.717) is 22.8 Å². The number of benzene rings is 1. The molecule has 0 aliphatic rings. The molecule has 0 fully saturated rings. The first-order chi connectivity index (χ1) is 12.1. The fourth-order valence-corrected chi connectivity index (χ4v) is 3.16. The predicted molar refractivity (Wildman–Crippen MR) is 101 cm³/mol. The van der Waals surface area contributed by atoms with E-state index >= 15 is 0 Å². The first kappa shape index (κ1) is 17.6. The Bertz CT molecular complexity index is 846. The average molecular weight is 377 g/mol. The second kappa shape index (κ2) is 7.81. The third kappa shape index (κ3) is 4.27. The van der Waals surface area contributed by atoms with Crippen molar-refractivity contribution >= 4 is 29.0 Å². The minimum atomic E-state index is 0.299. The fraction of sp³-hybridized carbons (Fsp3) is 0.333. The van der Waals surface area contributed by atoms with Gasteiger partial charge in [-0.15, -0.1) is 15.3 Å². The molecule has 0 unspecified atom stereocenters. The van der Waals surface area contributed by atoms with Crippen LogP contribution in [0.15, 0.2) is 29.4 Å². The van der Waals surface area contributed by atoms with Crippen LogP contribution in [0.1, 0.15) is 0 Å². The number of anilines is 1. The highest BCUT2D eigenvalue weighted by atomic mass is 32.2. The van der Waals surface area contributed by atoms with Crippen molar-refractivity contribution in [2.24, 2.45) is 0 Å². The van der Waals surface area contributed by atoms with E-state index in [-0.39, 0.29) is 0 Å². The molecule has 1 aromatic carbocycles. The summed E-state index contributed by atoms with van der Waals surface area (Å²) < 4.78 is 7.28. The monoisotopic (exact) mass is 377 g/mol. The molecule has 0 atom stereocenters. The summed E-state index contributed by atoms with van der Waals surface area (Å²) in [4.78, 5) is 6.23. The molecule has 3 rings (SSSR count). The quantitative estimate of drug-likeness (QED) is 0.625. The van der Waals surface area contributed by atoms with Gasteiger partial charge in [-0.2, -0.15) is 9.67 Å². The molecule has 132 valence electrons. The summed E-state index contributed by atoms with van der Waals surface area (Å²) >= 11 is 2.83. The van der Waals surface area contributed by atoms with Gasteiger partial charge >= 0.3 is 0 Å². The number of likely N-dealkylation sites (N-methyl/N-ethyl adjacent to an activating group) is 1. The van der Waals surface area contributed by atoms with Gasteiger partial charge in [0, 0.05) is 12.1 Å². The molecule has 25 heavy (non-hydrogen) atoms. The van der Waals surface area contributed by atoms with Gasteiger partial charge in [0.05, 0.1) is 0 Å². The Morgan fingerprint density at radius 2 is 2.16 bits per heavy atom. The number of rotatable bonds is 7. The first-order valence-electron chi connectivity index (χ1n) is 7.55. The molecule has 0 spiro atoms. The van der Waals surface area contributed by atoms with Crippen molar-refractivity contribution in [3.8, 4) is 21.5 Å². The number of nitrogens with zero attached hydrogens (tertiary/aromatic N) is 6. The van der Waals surface area contributed by atoms with Crippen molar-refractivity contribution in [3.63, 3.8) is 0 Å². The van der Waals surface area contributed by atoms with E-state index in [4.69, 9.17) is 10.5 Å². The highest BCUT2D eigenvalue weighted by Crippen LogP contribution is 2.29. The predicted octanol–water partition coefficient (Wildman–Crippen LogP) is 2.03. The maximum atomic E-state index is 5.89. The smallest absolute Gasteiger partial charge is 0.236 e. The molecular formula is C15H19N7OS2. The lowest BCUT2D eigenvalue weighted by Crippen LogP contribution is -2.19. The van der Waals surface area contributed by atoms with Gasteiger partial charge in [-0.05, 0) is 32.5 Å². The lowest BCUT2D eigenvalue weighted by atomic mass is 10.2. The Labute approximate surface area is 154 Å². The SMILES string of the molecule is CSc1nc(N)n(-c2nnc(-c3cccc(OCCN(C)C)c3)s2)n1. The summed E-state index contributed by atoms with van der Waals surface area (Å²) in [6.07, 6.45) is 1.90. The van der Waals surface area contributed by atoms with Gasteiger partial charge < -0.3 is 15.4 Å². The summed E-state index contributed by atoms with van der Waals surface area (Å²) in [6.45, 7) is 1.49. The van der Waals surface area contributed by atoms with Crippen LogP contribution in [0.4, 0.5) is 5.95 Å². The lowest BCUT2D eigenvalue weighted by molar-refractivity contribution is 0.261.